The number of hydrogen-bond donors (Lipinski definition) is 2. The summed E-state index contributed by atoms with van der Waals surface area (Å²) in [6.45, 7) is 3.89. The van der Waals surface area contributed by atoms with E-state index in [4.69, 9.17) is 23.8 Å². The van der Waals surface area contributed by atoms with Gasteiger partial charge in [-0.15, -0.1) is 0 Å². The van der Waals surface area contributed by atoms with Crippen LogP contribution in [0.25, 0.3) is 11.0 Å². The van der Waals surface area contributed by atoms with Crippen molar-refractivity contribution in [3.8, 4) is 11.6 Å². The van der Waals surface area contributed by atoms with E-state index >= 15 is 0 Å². The third-order valence-corrected chi connectivity index (χ3v) is 8.27. The molecule has 3 aliphatic heterocycles. The Hall–Kier alpha value is -3.99. The summed E-state index contributed by atoms with van der Waals surface area (Å²) in [4.78, 5) is 41.3. The van der Waals surface area contributed by atoms with Crippen molar-refractivity contribution in [1.82, 2.24) is 20.3 Å². The minimum atomic E-state index is -0.334. The van der Waals surface area contributed by atoms with E-state index in [2.05, 4.69) is 32.5 Å². The van der Waals surface area contributed by atoms with Gasteiger partial charge in [0, 0.05) is 23.7 Å². The first-order chi connectivity index (χ1) is 20.4. The minimum Gasteiger partial charge on any atom is -0.480 e. The first-order valence-corrected chi connectivity index (χ1v) is 14.3. The highest BCUT2D eigenvalue weighted by Gasteiger charge is 2.49. The second kappa shape index (κ2) is 12.9. The van der Waals surface area contributed by atoms with Crippen molar-refractivity contribution in [1.29, 1.82) is 0 Å². The molecule has 222 valence electrons. The Kier molecular flexibility index (Phi) is 9.06. The molecule has 0 unspecified atom stereocenters. The van der Waals surface area contributed by atoms with Crippen molar-refractivity contribution < 1.29 is 33.0 Å². The van der Waals surface area contributed by atoms with Crippen LogP contribution in [-0.4, -0.2) is 58.0 Å². The maximum atomic E-state index is 15.0. The highest BCUT2D eigenvalue weighted by Crippen LogP contribution is 2.46. The highest BCUT2D eigenvalue weighted by molar-refractivity contribution is 5.94. The molecule has 2 saturated heterocycles. The Balaban J connectivity index is 0.00000113. The molecule has 1 amide bonds. The molecule has 4 aliphatic rings. The second-order valence-electron chi connectivity index (χ2n) is 11.0. The predicted octanol–water partition coefficient (Wildman–Crippen LogP) is 3.89. The van der Waals surface area contributed by atoms with Gasteiger partial charge in [-0.25, -0.2) is 14.4 Å². The number of amides is 1. The molecule has 0 radical (unpaired) electrons. The Morgan fingerprint density at radius 1 is 1.14 bits per heavy atom. The van der Waals surface area contributed by atoms with E-state index in [1.54, 1.807) is 6.07 Å². The van der Waals surface area contributed by atoms with Gasteiger partial charge in [-0.1, -0.05) is 13.3 Å². The van der Waals surface area contributed by atoms with Crippen LogP contribution in [0.1, 0.15) is 63.1 Å². The van der Waals surface area contributed by atoms with Crippen LogP contribution in [0.5, 0.6) is 11.6 Å². The number of hydrogen-bond acceptors (Lipinski definition) is 10. The van der Waals surface area contributed by atoms with Crippen molar-refractivity contribution in [3.63, 3.8) is 0 Å². The molecule has 1 saturated carbocycles. The number of aromatic nitrogens is 3. The number of aryl methyl sites for hydroxylation is 1. The highest BCUT2D eigenvalue weighted by atomic mass is 19.1. The summed E-state index contributed by atoms with van der Waals surface area (Å²) in [5.74, 6) is 1.04. The Morgan fingerprint density at radius 2 is 1.95 bits per heavy atom. The number of nitrogens with zero attached hydrogens (tertiary/aromatic N) is 3. The number of fused-ring (bicyclic) bond motifs is 5. The Bertz CT molecular complexity index is 1450. The Labute approximate surface area is 242 Å². The van der Waals surface area contributed by atoms with Crippen LogP contribution >= 0.6 is 0 Å². The lowest BCUT2D eigenvalue weighted by molar-refractivity contribution is -0.191. The van der Waals surface area contributed by atoms with Crippen LogP contribution < -0.4 is 20.1 Å². The molecule has 0 aromatic carbocycles. The van der Waals surface area contributed by atoms with Gasteiger partial charge in [0.25, 0.3) is 5.91 Å². The average Bonchev–Trinajstić information content (AvgIpc) is 3.01. The fourth-order valence-corrected chi connectivity index (χ4v) is 5.76. The van der Waals surface area contributed by atoms with Crippen LogP contribution in [0.4, 0.5) is 10.2 Å². The second-order valence-corrected chi connectivity index (χ2v) is 11.0. The molecular weight excluding hydrogens is 545 g/mol. The van der Waals surface area contributed by atoms with E-state index in [1.807, 2.05) is 18.2 Å². The molecule has 2 bridgehead atoms. The number of pyridine rings is 3. The van der Waals surface area contributed by atoms with Gasteiger partial charge < -0.3 is 24.8 Å². The lowest BCUT2D eigenvalue weighted by atomic mass is 9.69. The fourth-order valence-electron chi connectivity index (χ4n) is 5.76. The molecule has 3 aromatic heterocycles. The first kappa shape index (κ1) is 29.5. The summed E-state index contributed by atoms with van der Waals surface area (Å²) >= 11 is 0. The van der Waals surface area contributed by atoms with Crippen molar-refractivity contribution >= 4 is 28.9 Å². The Morgan fingerprint density at radius 3 is 2.69 bits per heavy atom. The number of unbranched alkanes of at least 4 members (excludes halogenated alkanes) is 1. The molecule has 7 rings (SSSR count). The third-order valence-electron chi connectivity index (χ3n) is 8.27. The molecule has 0 spiro atoms. The molecule has 42 heavy (non-hydrogen) atoms. The zero-order valence-corrected chi connectivity index (χ0v) is 23.5. The third kappa shape index (κ3) is 6.56. The summed E-state index contributed by atoms with van der Waals surface area (Å²) in [6.07, 6.45) is 8.55. The van der Waals surface area contributed by atoms with Crippen molar-refractivity contribution in [2.75, 3.05) is 25.1 Å². The van der Waals surface area contributed by atoms with E-state index in [9.17, 15) is 9.18 Å². The van der Waals surface area contributed by atoms with E-state index in [-0.39, 0.29) is 35.6 Å². The van der Waals surface area contributed by atoms with Crippen LogP contribution in [0.15, 0.2) is 30.5 Å². The van der Waals surface area contributed by atoms with Gasteiger partial charge in [-0.05, 0) is 63.1 Å². The summed E-state index contributed by atoms with van der Waals surface area (Å²) in [7, 11) is 0. The van der Waals surface area contributed by atoms with Gasteiger partial charge in [0.2, 0.25) is 5.88 Å². The molecule has 0 atom stereocenters. The number of carbonyl (C=O) groups is 1. The van der Waals surface area contributed by atoms with Crippen molar-refractivity contribution in [2.45, 2.75) is 76.0 Å². The number of ether oxygens (including phenoxy) is 3. The molecule has 3 aromatic rings. The maximum absolute atomic E-state index is 15.0. The fraction of sp³-hybridized carbons (Fsp3) is 0.500. The molecule has 11 nitrogen and oxygen atoms in total. The summed E-state index contributed by atoms with van der Waals surface area (Å²) in [5.41, 5.74) is 2.29. The van der Waals surface area contributed by atoms with Crippen LogP contribution in [0.2, 0.25) is 0 Å². The molecule has 2 N–H and O–H groups in total. The summed E-state index contributed by atoms with van der Waals surface area (Å²) in [6, 6.07) is 7.41. The predicted molar refractivity (Wildman–Crippen MR) is 148 cm³/mol. The number of carbonyl (C=O) groups excluding carboxylic acids is 3. The van der Waals surface area contributed by atoms with E-state index in [0.717, 1.165) is 50.6 Å². The number of nitrogens with one attached hydrogen (secondary N) is 2. The average molecular weight is 580 g/mol. The van der Waals surface area contributed by atoms with E-state index in [1.165, 1.54) is 6.20 Å². The summed E-state index contributed by atoms with van der Waals surface area (Å²) in [5, 5.41) is 6.44. The monoisotopic (exact) mass is 579 g/mol. The number of rotatable bonds is 10. The zero-order chi connectivity index (χ0) is 29.6. The first-order valence-electron chi connectivity index (χ1n) is 14.3. The largest absolute Gasteiger partial charge is 0.480 e. The van der Waals surface area contributed by atoms with E-state index in [0.29, 0.717) is 60.2 Å². The summed E-state index contributed by atoms with van der Waals surface area (Å²) < 4.78 is 32.6. The standard InChI is InChI=1S/C29H34FN5O4.CO2/c1-2-3-14-37-25-7-5-22-26(35-25)20(21(30)16-31-22)8-9-29-12-10-28(11-13-29,18-39-29)32-15-19-4-6-23-27(33-19)34-24(36)17-38-23;2-1-3/h4-7,16,32H,2-3,8-15,17-18H2,1H3,(H,33,34,36);. The van der Waals surface area contributed by atoms with Crippen molar-refractivity contribution in [2.24, 2.45) is 0 Å². The normalized spacial score (nSPS) is 22.3. The number of anilines is 1. The topological polar surface area (TPSA) is 142 Å². The maximum Gasteiger partial charge on any atom is 0.373 e. The van der Waals surface area contributed by atoms with Gasteiger partial charge in [0.1, 0.15) is 5.82 Å². The van der Waals surface area contributed by atoms with Gasteiger partial charge in [-0.3, -0.25) is 9.78 Å². The molecule has 12 heteroatoms. The zero-order valence-electron chi connectivity index (χ0n) is 23.5. The SMILES string of the molecule is CCCCOc1ccc2ncc(F)c(CCC34CCC(NCc5ccc6c(n5)NC(=O)CO6)(CC3)CO4)c2n1.O=C=O. The smallest absolute Gasteiger partial charge is 0.373 e. The lowest BCUT2D eigenvalue weighted by Gasteiger charge is -2.53. The molecule has 6 heterocycles. The van der Waals surface area contributed by atoms with Crippen molar-refractivity contribution in [3.05, 3.63) is 47.5 Å². The minimum absolute atomic E-state index is 0.0174. The van der Waals surface area contributed by atoms with Crippen LogP contribution in [0.3, 0.4) is 0 Å². The number of halogens is 1. The van der Waals surface area contributed by atoms with Gasteiger partial charge in [0.05, 0.1) is 41.7 Å². The van der Waals surface area contributed by atoms with Crippen LogP contribution in [-0.2, 0) is 32.1 Å². The lowest BCUT2D eigenvalue weighted by Crippen LogP contribution is -2.61. The van der Waals surface area contributed by atoms with E-state index < -0.39 is 0 Å². The van der Waals surface area contributed by atoms with Gasteiger partial charge in [0.15, 0.2) is 18.2 Å². The molecule has 1 aliphatic carbocycles. The van der Waals surface area contributed by atoms with Crippen LogP contribution in [0, 0.1) is 5.82 Å². The molecular formula is C30H34FN5O6. The quantitative estimate of drug-likeness (QED) is 0.340. The van der Waals surface area contributed by atoms with Gasteiger partial charge in [-0.2, -0.15) is 9.59 Å². The molecule has 3 fully saturated rings. The van der Waals surface area contributed by atoms with Gasteiger partial charge >= 0.3 is 6.15 Å².